The van der Waals surface area contributed by atoms with Crippen molar-refractivity contribution in [3.05, 3.63) is 77.4 Å². The van der Waals surface area contributed by atoms with E-state index in [1.54, 1.807) is 6.07 Å². The lowest BCUT2D eigenvalue weighted by molar-refractivity contribution is 0.587. The van der Waals surface area contributed by atoms with Crippen LogP contribution in [0.25, 0.3) is 0 Å². The van der Waals surface area contributed by atoms with E-state index in [4.69, 9.17) is 5.41 Å². The van der Waals surface area contributed by atoms with Crippen LogP contribution in [0, 0.1) is 22.9 Å². The Morgan fingerprint density at radius 1 is 1.00 bits per heavy atom. The first-order valence-electron chi connectivity index (χ1n) is 7.62. The molecule has 0 fully saturated rings. The van der Waals surface area contributed by atoms with Crippen LogP contribution in [0.15, 0.2) is 48.8 Å². The molecule has 3 N–H and O–H groups in total. The molecule has 134 valence electrons. The molecule has 3 aromatic rings. The van der Waals surface area contributed by atoms with E-state index in [2.05, 4.69) is 20.6 Å². The van der Waals surface area contributed by atoms with Gasteiger partial charge in [-0.3, -0.25) is 0 Å². The van der Waals surface area contributed by atoms with Gasteiger partial charge in [-0.25, -0.2) is 23.1 Å². The van der Waals surface area contributed by atoms with Gasteiger partial charge in [-0.05, 0) is 24.3 Å². The minimum Gasteiger partial charge on any atom is -0.380 e. The summed E-state index contributed by atoms with van der Waals surface area (Å²) in [5, 5.41) is 13.2. The summed E-state index contributed by atoms with van der Waals surface area (Å²) in [6, 6.07) is 7.20. The van der Waals surface area contributed by atoms with E-state index in [0.29, 0.717) is 17.1 Å². The van der Waals surface area contributed by atoms with Crippen molar-refractivity contribution in [3.63, 3.8) is 0 Å². The predicted molar refractivity (Wildman–Crippen MR) is 95.4 cm³/mol. The molecule has 0 radical (unpaired) electrons. The predicted octanol–water partition coefficient (Wildman–Crippen LogP) is 4.49. The zero-order chi connectivity index (χ0) is 18.5. The number of hydrogen-bond donors (Lipinski definition) is 3. The minimum atomic E-state index is -0.537. The fourth-order valence-electron chi connectivity index (χ4n) is 2.28. The van der Waals surface area contributed by atoms with Crippen LogP contribution in [-0.4, -0.2) is 16.2 Å². The third-order valence-corrected chi connectivity index (χ3v) is 3.55. The van der Waals surface area contributed by atoms with Crippen molar-refractivity contribution in [2.45, 2.75) is 6.54 Å². The first-order valence-corrected chi connectivity index (χ1v) is 7.62. The summed E-state index contributed by atoms with van der Waals surface area (Å²) >= 11 is 0. The van der Waals surface area contributed by atoms with E-state index in [0.717, 1.165) is 24.4 Å². The summed E-state index contributed by atoms with van der Waals surface area (Å²) in [6.07, 6.45) is 3.83. The second kappa shape index (κ2) is 7.64. The molecule has 0 spiro atoms. The van der Waals surface area contributed by atoms with Crippen LogP contribution < -0.4 is 10.6 Å². The summed E-state index contributed by atoms with van der Waals surface area (Å²) in [7, 11) is 0. The Morgan fingerprint density at radius 3 is 2.54 bits per heavy atom. The number of aromatic nitrogens is 2. The zero-order valence-electron chi connectivity index (χ0n) is 13.4. The second-order valence-electron chi connectivity index (χ2n) is 5.37. The molecule has 0 aliphatic rings. The van der Waals surface area contributed by atoms with Crippen molar-refractivity contribution < 1.29 is 14.6 Å². The molecule has 3 rings (SSSR count). The molecule has 0 unspecified atom stereocenters. The van der Waals surface area contributed by atoms with Gasteiger partial charge >= 0.3 is 0 Å². The first kappa shape index (κ1) is 17.4. The Hall–Kier alpha value is -3.42. The largest absolute Gasteiger partial charge is 0.380 e. The molecule has 2 heterocycles. The van der Waals surface area contributed by atoms with Gasteiger partial charge in [0.05, 0.1) is 0 Å². The highest BCUT2D eigenvalue weighted by Gasteiger charge is 2.08. The molecule has 26 heavy (non-hydrogen) atoms. The van der Waals surface area contributed by atoms with E-state index in [-0.39, 0.29) is 19.4 Å². The number of nitrogens with zero attached hydrogens (tertiary/aromatic N) is 2. The lowest BCUT2D eigenvalue weighted by atomic mass is 10.2. The van der Waals surface area contributed by atoms with E-state index in [1.165, 1.54) is 24.5 Å². The van der Waals surface area contributed by atoms with Gasteiger partial charge < -0.3 is 16.0 Å². The van der Waals surface area contributed by atoms with Crippen LogP contribution in [0.1, 0.15) is 12.6 Å². The Kier molecular flexibility index (Phi) is 5.12. The van der Waals surface area contributed by atoms with Crippen molar-refractivity contribution >= 4 is 23.5 Å². The maximum Gasteiger partial charge on any atom is 0.134 e. The van der Waals surface area contributed by atoms with E-state index in [1.807, 2.05) is 0 Å². The summed E-state index contributed by atoms with van der Waals surface area (Å²) in [5.74, 6) is -0.895. The van der Waals surface area contributed by atoms with E-state index >= 15 is 0 Å². The third kappa shape index (κ3) is 4.15. The molecule has 0 aliphatic heterocycles. The quantitative estimate of drug-likeness (QED) is 0.567. The molecule has 0 amide bonds. The zero-order valence-corrected chi connectivity index (χ0v) is 13.4. The monoisotopic (exact) mass is 359 g/mol. The molecule has 2 aromatic heterocycles. The summed E-state index contributed by atoms with van der Waals surface area (Å²) in [4.78, 5) is 8.10. The van der Waals surface area contributed by atoms with Crippen molar-refractivity contribution in [2.24, 2.45) is 0 Å². The average Bonchev–Trinajstić information content (AvgIpc) is 2.62. The Morgan fingerprint density at radius 2 is 1.77 bits per heavy atom. The van der Waals surface area contributed by atoms with Crippen LogP contribution in [0.5, 0.6) is 0 Å². The van der Waals surface area contributed by atoms with Gasteiger partial charge in [-0.15, -0.1) is 0 Å². The van der Waals surface area contributed by atoms with Crippen LogP contribution in [-0.2, 0) is 6.54 Å². The molecule has 0 atom stereocenters. The summed E-state index contributed by atoms with van der Waals surface area (Å²) in [6.45, 7) is 0.0199. The SMILES string of the molecule is N=Cc1cnc(Nc2cc(F)ccn2)cc1NCc1cc(F)ccc1F.[HH]. The smallest absolute Gasteiger partial charge is 0.134 e. The van der Waals surface area contributed by atoms with Crippen LogP contribution >= 0.6 is 0 Å². The van der Waals surface area contributed by atoms with Gasteiger partial charge in [0.2, 0.25) is 0 Å². The van der Waals surface area contributed by atoms with Crippen LogP contribution in [0.4, 0.5) is 30.5 Å². The van der Waals surface area contributed by atoms with Gasteiger partial charge in [0.15, 0.2) is 0 Å². The maximum atomic E-state index is 13.7. The highest BCUT2D eigenvalue weighted by molar-refractivity contribution is 5.86. The van der Waals surface area contributed by atoms with Crippen LogP contribution in [0.3, 0.4) is 0 Å². The molecule has 1 aromatic carbocycles. The molecule has 0 saturated carbocycles. The van der Waals surface area contributed by atoms with E-state index < -0.39 is 17.5 Å². The Bertz CT molecular complexity index is 952. The van der Waals surface area contributed by atoms with Crippen molar-refractivity contribution in [2.75, 3.05) is 10.6 Å². The first-order chi connectivity index (χ1) is 12.5. The molecule has 0 aliphatic carbocycles. The summed E-state index contributed by atoms with van der Waals surface area (Å²) in [5.41, 5.74) is 1.09. The lowest BCUT2D eigenvalue weighted by Gasteiger charge is -2.12. The normalized spacial score (nSPS) is 10.4. The molecule has 8 heteroatoms. The number of nitrogens with one attached hydrogen (secondary N) is 3. The van der Waals surface area contributed by atoms with Gasteiger partial charge in [0.1, 0.15) is 29.1 Å². The van der Waals surface area contributed by atoms with Crippen molar-refractivity contribution in [1.82, 2.24) is 9.97 Å². The number of halogens is 3. The van der Waals surface area contributed by atoms with E-state index in [9.17, 15) is 13.2 Å². The van der Waals surface area contributed by atoms with Crippen molar-refractivity contribution in [3.8, 4) is 0 Å². The molecular formula is C18H16F3N5. The highest BCUT2D eigenvalue weighted by Crippen LogP contribution is 2.21. The van der Waals surface area contributed by atoms with Gasteiger partial charge in [0, 0.05) is 55.5 Å². The fraction of sp³-hybridized carbons (Fsp3) is 0.0556. The average molecular weight is 359 g/mol. The highest BCUT2D eigenvalue weighted by atomic mass is 19.1. The van der Waals surface area contributed by atoms with Gasteiger partial charge in [-0.2, -0.15) is 0 Å². The third-order valence-electron chi connectivity index (χ3n) is 3.55. The second-order valence-corrected chi connectivity index (χ2v) is 5.37. The molecule has 5 nitrogen and oxygen atoms in total. The fourth-order valence-corrected chi connectivity index (χ4v) is 2.28. The molecular weight excluding hydrogens is 343 g/mol. The number of hydrogen-bond acceptors (Lipinski definition) is 5. The number of pyridine rings is 2. The number of anilines is 3. The maximum absolute atomic E-state index is 13.7. The standard InChI is InChI=1S/C18H14F3N5.H2/c19-13-1-2-15(21)11(5-13)9-24-16-7-18(25-10-12(16)8-22)26-17-6-14(20)3-4-23-17;/h1-8,10,22H,9H2,(H2,23,24,25,26);1H. The molecule has 0 bridgehead atoms. The lowest BCUT2D eigenvalue weighted by Crippen LogP contribution is -2.06. The van der Waals surface area contributed by atoms with Crippen LogP contribution in [0.2, 0.25) is 0 Å². The minimum absolute atomic E-state index is 0. The Labute approximate surface area is 148 Å². The number of rotatable bonds is 6. The summed E-state index contributed by atoms with van der Waals surface area (Å²) < 4.78 is 40.2. The van der Waals surface area contributed by atoms with Gasteiger partial charge in [-0.1, -0.05) is 0 Å². The number of benzene rings is 1. The molecule has 0 saturated heterocycles. The van der Waals surface area contributed by atoms with Crippen molar-refractivity contribution in [1.29, 1.82) is 5.41 Å². The Balaban J connectivity index is 0.00000261. The van der Waals surface area contributed by atoms with Gasteiger partial charge in [0.25, 0.3) is 0 Å². The topological polar surface area (TPSA) is 73.7 Å².